The third-order valence-electron chi connectivity index (χ3n) is 2.91. The van der Waals surface area contributed by atoms with Crippen molar-refractivity contribution in [1.82, 2.24) is 0 Å². The first kappa shape index (κ1) is 13.5. The van der Waals surface area contributed by atoms with Gasteiger partial charge in [0.1, 0.15) is 17.4 Å². The molecule has 0 spiro atoms. The third kappa shape index (κ3) is 3.29. The van der Waals surface area contributed by atoms with E-state index < -0.39 is 17.7 Å². The zero-order chi connectivity index (χ0) is 13.8. The number of aliphatic hydroxyl groups is 1. The highest BCUT2D eigenvalue weighted by Gasteiger charge is 2.14. The number of aliphatic hydroxyl groups excluding tert-OH is 1. The summed E-state index contributed by atoms with van der Waals surface area (Å²) in [4.78, 5) is 0. The standard InChI is InChI=1S/C15H14F2O2/c1-19-12-5-2-10(3-6-12)8-15(18)13-7-4-11(16)9-14(13)17/h2-7,9,15,18H,8H2,1H3. The van der Waals surface area contributed by atoms with Gasteiger partial charge < -0.3 is 9.84 Å². The zero-order valence-corrected chi connectivity index (χ0v) is 10.4. The van der Waals surface area contributed by atoms with Crippen molar-refractivity contribution < 1.29 is 18.6 Å². The van der Waals surface area contributed by atoms with Gasteiger partial charge in [-0.05, 0) is 23.8 Å². The van der Waals surface area contributed by atoms with Gasteiger partial charge in [0.15, 0.2) is 0 Å². The van der Waals surface area contributed by atoms with Crippen LogP contribution in [-0.2, 0) is 6.42 Å². The molecule has 2 aromatic carbocycles. The molecule has 1 unspecified atom stereocenters. The molecule has 0 aliphatic carbocycles. The summed E-state index contributed by atoms with van der Waals surface area (Å²) < 4.78 is 31.3. The highest BCUT2D eigenvalue weighted by atomic mass is 19.1. The summed E-state index contributed by atoms with van der Waals surface area (Å²) in [5, 5.41) is 9.98. The molecule has 2 aromatic rings. The van der Waals surface area contributed by atoms with Crippen LogP contribution in [0.25, 0.3) is 0 Å². The van der Waals surface area contributed by atoms with E-state index in [1.807, 2.05) is 0 Å². The van der Waals surface area contributed by atoms with E-state index in [9.17, 15) is 13.9 Å². The Hall–Kier alpha value is -1.94. The van der Waals surface area contributed by atoms with E-state index in [1.54, 1.807) is 31.4 Å². The quantitative estimate of drug-likeness (QED) is 0.918. The van der Waals surface area contributed by atoms with Crippen LogP contribution < -0.4 is 4.74 Å². The number of benzene rings is 2. The molecule has 0 fully saturated rings. The Labute approximate surface area is 110 Å². The minimum Gasteiger partial charge on any atom is -0.497 e. The Kier molecular flexibility index (Phi) is 4.12. The van der Waals surface area contributed by atoms with E-state index in [2.05, 4.69) is 0 Å². The smallest absolute Gasteiger partial charge is 0.131 e. The van der Waals surface area contributed by atoms with Crippen molar-refractivity contribution in [3.05, 3.63) is 65.2 Å². The van der Waals surface area contributed by atoms with Gasteiger partial charge in [0.05, 0.1) is 13.2 Å². The van der Waals surface area contributed by atoms with E-state index in [4.69, 9.17) is 4.74 Å². The van der Waals surface area contributed by atoms with Crippen LogP contribution in [0.4, 0.5) is 8.78 Å². The summed E-state index contributed by atoms with van der Waals surface area (Å²) in [6.07, 6.45) is -0.749. The average Bonchev–Trinajstić information content (AvgIpc) is 2.39. The molecular formula is C15H14F2O2. The number of rotatable bonds is 4. The van der Waals surface area contributed by atoms with E-state index in [0.29, 0.717) is 5.75 Å². The summed E-state index contributed by atoms with van der Waals surface area (Å²) in [5.74, 6) is -0.676. The lowest BCUT2D eigenvalue weighted by atomic mass is 10.0. The Morgan fingerprint density at radius 3 is 2.37 bits per heavy atom. The molecular weight excluding hydrogens is 250 g/mol. The lowest BCUT2D eigenvalue weighted by Crippen LogP contribution is -2.04. The molecule has 0 saturated heterocycles. The van der Waals surface area contributed by atoms with Crippen LogP contribution in [0, 0.1) is 11.6 Å². The van der Waals surface area contributed by atoms with E-state index in [0.717, 1.165) is 17.7 Å². The molecule has 19 heavy (non-hydrogen) atoms. The second-order valence-electron chi connectivity index (χ2n) is 4.23. The molecule has 0 heterocycles. The molecule has 0 saturated carbocycles. The second-order valence-corrected chi connectivity index (χ2v) is 4.23. The maximum atomic E-state index is 13.5. The van der Waals surface area contributed by atoms with Crippen molar-refractivity contribution in [2.24, 2.45) is 0 Å². The summed E-state index contributed by atoms with van der Waals surface area (Å²) >= 11 is 0. The average molecular weight is 264 g/mol. The topological polar surface area (TPSA) is 29.5 Å². The van der Waals surface area contributed by atoms with Crippen LogP contribution in [-0.4, -0.2) is 12.2 Å². The number of ether oxygens (including phenoxy) is 1. The largest absolute Gasteiger partial charge is 0.497 e. The molecule has 1 atom stereocenters. The van der Waals surface area contributed by atoms with E-state index in [1.165, 1.54) is 6.07 Å². The van der Waals surface area contributed by atoms with Crippen molar-refractivity contribution in [3.63, 3.8) is 0 Å². The predicted octanol–water partition coefficient (Wildman–Crippen LogP) is 3.25. The highest BCUT2D eigenvalue weighted by molar-refractivity contribution is 5.29. The van der Waals surface area contributed by atoms with Gasteiger partial charge in [0.25, 0.3) is 0 Å². The highest BCUT2D eigenvalue weighted by Crippen LogP contribution is 2.22. The molecule has 0 bridgehead atoms. The molecule has 2 nitrogen and oxygen atoms in total. The van der Waals surface area contributed by atoms with Gasteiger partial charge in [0.2, 0.25) is 0 Å². The maximum Gasteiger partial charge on any atom is 0.131 e. The monoisotopic (exact) mass is 264 g/mol. The molecule has 1 N–H and O–H groups in total. The Morgan fingerprint density at radius 1 is 1.11 bits per heavy atom. The first-order valence-corrected chi connectivity index (χ1v) is 5.86. The van der Waals surface area contributed by atoms with Gasteiger partial charge in [-0.3, -0.25) is 0 Å². The zero-order valence-electron chi connectivity index (χ0n) is 10.4. The van der Waals surface area contributed by atoms with Gasteiger partial charge in [0, 0.05) is 18.1 Å². The molecule has 0 radical (unpaired) electrons. The normalized spacial score (nSPS) is 12.2. The lowest BCUT2D eigenvalue weighted by molar-refractivity contribution is 0.173. The summed E-state index contributed by atoms with van der Waals surface area (Å²) in [5.41, 5.74) is 0.939. The van der Waals surface area contributed by atoms with Crippen LogP contribution in [0.5, 0.6) is 5.75 Å². The van der Waals surface area contributed by atoms with Crippen molar-refractivity contribution in [1.29, 1.82) is 0 Å². The van der Waals surface area contributed by atoms with Crippen LogP contribution in [0.1, 0.15) is 17.2 Å². The second kappa shape index (κ2) is 5.80. The SMILES string of the molecule is COc1ccc(CC(O)c2ccc(F)cc2F)cc1. The molecule has 0 amide bonds. The van der Waals surface area contributed by atoms with E-state index >= 15 is 0 Å². The molecule has 2 rings (SSSR count). The van der Waals surface area contributed by atoms with Gasteiger partial charge >= 0.3 is 0 Å². The van der Waals surface area contributed by atoms with Crippen LogP contribution in [0.15, 0.2) is 42.5 Å². The summed E-state index contributed by atoms with van der Waals surface area (Å²) in [6, 6.07) is 10.3. The van der Waals surface area contributed by atoms with Gasteiger partial charge in [-0.2, -0.15) is 0 Å². The van der Waals surface area contributed by atoms with Crippen molar-refractivity contribution in [3.8, 4) is 5.75 Å². The summed E-state index contributed by atoms with van der Waals surface area (Å²) in [6.45, 7) is 0. The van der Waals surface area contributed by atoms with E-state index in [-0.39, 0.29) is 12.0 Å². The fraction of sp³-hybridized carbons (Fsp3) is 0.200. The molecule has 0 aliphatic rings. The number of hydrogen-bond donors (Lipinski definition) is 1. The van der Waals surface area contributed by atoms with Crippen molar-refractivity contribution in [2.75, 3.05) is 7.11 Å². The van der Waals surface area contributed by atoms with Crippen LogP contribution >= 0.6 is 0 Å². The minimum atomic E-state index is -1.01. The number of methoxy groups -OCH3 is 1. The third-order valence-corrected chi connectivity index (χ3v) is 2.91. The summed E-state index contributed by atoms with van der Waals surface area (Å²) in [7, 11) is 1.57. The Morgan fingerprint density at radius 2 is 1.79 bits per heavy atom. The lowest BCUT2D eigenvalue weighted by Gasteiger charge is -2.12. The molecule has 100 valence electrons. The van der Waals surface area contributed by atoms with Crippen LogP contribution in [0.2, 0.25) is 0 Å². The van der Waals surface area contributed by atoms with Gasteiger partial charge in [-0.25, -0.2) is 8.78 Å². The number of halogens is 2. The molecule has 4 heteroatoms. The van der Waals surface area contributed by atoms with Gasteiger partial charge in [-0.15, -0.1) is 0 Å². The molecule has 0 aliphatic heterocycles. The first-order valence-electron chi connectivity index (χ1n) is 5.86. The fourth-order valence-electron chi connectivity index (χ4n) is 1.87. The predicted molar refractivity (Wildman–Crippen MR) is 68.0 cm³/mol. The number of hydrogen-bond acceptors (Lipinski definition) is 2. The molecule has 0 aromatic heterocycles. The van der Waals surface area contributed by atoms with Crippen molar-refractivity contribution >= 4 is 0 Å². The minimum absolute atomic E-state index is 0.0946. The Bertz CT molecular complexity index is 553. The van der Waals surface area contributed by atoms with Gasteiger partial charge in [-0.1, -0.05) is 18.2 Å². The maximum absolute atomic E-state index is 13.5. The first-order chi connectivity index (χ1) is 9.10. The van der Waals surface area contributed by atoms with Crippen molar-refractivity contribution in [2.45, 2.75) is 12.5 Å². The Balaban J connectivity index is 2.13. The van der Waals surface area contributed by atoms with Crippen LogP contribution in [0.3, 0.4) is 0 Å². The fourth-order valence-corrected chi connectivity index (χ4v) is 1.87.